The summed E-state index contributed by atoms with van der Waals surface area (Å²) in [5.41, 5.74) is 7.22. The molecule has 0 aliphatic heterocycles. The number of nitrogens with two attached hydrogens (primary N) is 1. The van der Waals surface area contributed by atoms with Crippen molar-refractivity contribution in [2.75, 3.05) is 5.73 Å². The molecule has 0 amide bonds. The van der Waals surface area contributed by atoms with E-state index in [1.165, 1.54) is 0 Å². The Labute approximate surface area is 104 Å². The predicted octanol–water partition coefficient (Wildman–Crippen LogP) is 1.67. The highest BCUT2D eigenvalue weighted by molar-refractivity contribution is 5.89. The van der Waals surface area contributed by atoms with Crippen LogP contribution in [0.5, 0.6) is 5.75 Å². The summed E-state index contributed by atoms with van der Waals surface area (Å²) in [5.74, 6) is -0.302. The van der Waals surface area contributed by atoms with Crippen molar-refractivity contribution in [1.29, 1.82) is 0 Å². The van der Waals surface area contributed by atoms with Gasteiger partial charge in [-0.25, -0.2) is 4.79 Å². The SMILES string of the molecule is Cn1cc(N)cc1C(=O)OCc1cccc(O)c1. The molecule has 0 bridgehead atoms. The topological polar surface area (TPSA) is 77.5 Å². The number of nitrogen functional groups attached to an aromatic ring is 1. The molecular formula is C13H14N2O3. The number of aromatic hydroxyl groups is 1. The lowest BCUT2D eigenvalue weighted by atomic mass is 10.2. The number of phenolic OH excluding ortho intramolecular Hbond substituents is 1. The Hall–Kier alpha value is -2.43. The zero-order chi connectivity index (χ0) is 13.1. The summed E-state index contributed by atoms with van der Waals surface area (Å²) < 4.78 is 6.75. The van der Waals surface area contributed by atoms with Crippen LogP contribution >= 0.6 is 0 Å². The van der Waals surface area contributed by atoms with Crippen molar-refractivity contribution in [2.45, 2.75) is 6.61 Å². The molecule has 0 aliphatic carbocycles. The standard InChI is InChI=1S/C13H14N2O3/c1-15-7-10(14)6-12(15)13(17)18-8-9-3-2-4-11(16)5-9/h2-7,16H,8,14H2,1H3. The zero-order valence-electron chi connectivity index (χ0n) is 9.96. The minimum Gasteiger partial charge on any atom is -0.508 e. The third-order valence-corrected chi connectivity index (χ3v) is 2.52. The second-order valence-electron chi connectivity index (χ2n) is 4.02. The van der Waals surface area contributed by atoms with Gasteiger partial charge < -0.3 is 20.1 Å². The number of aryl methyl sites for hydroxylation is 1. The fraction of sp³-hybridized carbons (Fsp3) is 0.154. The van der Waals surface area contributed by atoms with Crippen molar-refractivity contribution < 1.29 is 14.6 Å². The lowest BCUT2D eigenvalue weighted by Crippen LogP contribution is -2.09. The molecule has 0 fully saturated rings. The quantitative estimate of drug-likeness (QED) is 0.807. The normalized spacial score (nSPS) is 10.3. The Morgan fingerprint density at radius 3 is 2.83 bits per heavy atom. The largest absolute Gasteiger partial charge is 0.508 e. The summed E-state index contributed by atoms with van der Waals surface area (Å²) in [7, 11) is 1.72. The molecule has 0 aliphatic rings. The van der Waals surface area contributed by atoms with Gasteiger partial charge in [0.05, 0.1) is 5.69 Å². The minimum absolute atomic E-state index is 0.109. The summed E-state index contributed by atoms with van der Waals surface area (Å²) in [5, 5.41) is 9.28. The molecule has 3 N–H and O–H groups in total. The second-order valence-corrected chi connectivity index (χ2v) is 4.02. The Balaban J connectivity index is 2.03. The van der Waals surface area contributed by atoms with Crippen LogP contribution in [0.3, 0.4) is 0 Å². The molecule has 0 atom stereocenters. The molecule has 0 radical (unpaired) electrons. The number of esters is 1. The summed E-state index contributed by atoms with van der Waals surface area (Å²) in [4.78, 5) is 11.8. The molecule has 1 heterocycles. The number of carbonyl (C=O) groups excluding carboxylic acids is 1. The number of hydrogen-bond donors (Lipinski definition) is 2. The van der Waals surface area contributed by atoms with Gasteiger partial charge in [0.2, 0.25) is 0 Å². The van der Waals surface area contributed by atoms with Gasteiger partial charge >= 0.3 is 5.97 Å². The fourth-order valence-corrected chi connectivity index (χ4v) is 1.66. The predicted molar refractivity (Wildman–Crippen MR) is 67.1 cm³/mol. The van der Waals surface area contributed by atoms with Gasteiger partial charge in [-0.3, -0.25) is 0 Å². The average Bonchev–Trinajstić information content (AvgIpc) is 2.66. The molecule has 94 valence electrons. The summed E-state index contributed by atoms with van der Waals surface area (Å²) >= 11 is 0. The molecule has 18 heavy (non-hydrogen) atoms. The molecule has 0 unspecified atom stereocenters. The van der Waals surface area contributed by atoms with E-state index in [2.05, 4.69) is 0 Å². The first kappa shape index (κ1) is 12.0. The monoisotopic (exact) mass is 246 g/mol. The van der Waals surface area contributed by atoms with Crippen molar-refractivity contribution >= 4 is 11.7 Å². The van der Waals surface area contributed by atoms with Crippen LogP contribution in [0.25, 0.3) is 0 Å². The average molecular weight is 246 g/mol. The van der Waals surface area contributed by atoms with Crippen LogP contribution in [-0.4, -0.2) is 15.6 Å². The smallest absolute Gasteiger partial charge is 0.355 e. The Bertz CT molecular complexity index is 575. The molecule has 2 aromatic rings. The summed E-state index contributed by atoms with van der Waals surface area (Å²) in [6, 6.07) is 8.13. The van der Waals surface area contributed by atoms with E-state index in [1.54, 1.807) is 48.1 Å². The van der Waals surface area contributed by atoms with E-state index in [4.69, 9.17) is 10.5 Å². The number of ether oxygens (including phenoxy) is 1. The zero-order valence-corrected chi connectivity index (χ0v) is 9.96. The second kappa shape index (κ2) is 4.83. The molecule has 5 heteroatoms. The van der Waals surface area contributed by atoms with E-state index in [1.807, 2.05) is 0 Å². The fourth-order valence-electron chi connectivity index (χ4n) is 1.66. The first-order chi connectivity index (χ1) is 8.56. The van der Waals surface area contributed by atoms with Crippen LogP contribution in [0.1, 0.15) is 16.1 Å². The van der Waals surface area contributed by atoms with Gasteiger partial charge in [-0.05, 0) is 23.8 Å². The van der Waals surface area contributed by atoms with Crippen molar-refractivity contribution in [3.8, 4) is 5.75 Å². The molecule has 1 aromatic heterocycles. The maximum Gasteiger partial charge on any atom is 0.355 e. The number of phenols is 1. The minimum atomic E-state index is -0.447. The van der Waals surface area contributed by atoms with E-state index in [-0.39, 0.29) is 12.4 Å². The van der Waals surface area contributed by atoms with Crippen LogP contribution in [0.4, 0.5) is 5.69 Å². The van der Waals surface area contributed by atoms with Crippen LogP contribution < -0.4 is 5.73 Å². The van der Waals surface area contributed by atoms with Gasteiger partial charge in [0.15, 0.2) is 0 Å². The van der Waals surface area contributed by atoms with Crippen LogP contribution in [0.15, 0.2) is 36.5 Å². The van der Waals surface area contributed by atoms with Gasteiger partial charge in [-0.2, -0.15) is 0 Å². The first-order valence-electron chi connectivity index (χ1n) is 5.43. The number of carbonyl (C=O) groups is 1. The van der Waals surface area contributed by atoms with Crippen molar-refractivity contribution in [3.63, 3.8) is 0 Å². The lowest BCUT2D eigenvalue weighted by Gasteiger charge is -2.05. The van der Waals surface area contributed by atoms with Crippen molar-refractivity contribution in [3.05, 3.63) is 47.8 Å². The van der Waals surface area contributed by atoms with Gasteiger partial charge in [0, 0.05) is 13.2 Å². The van der Waals surface area contributed by atoms with Gasteiger partial charge in [0.1, 0.15) is 18.1 Å². The molecule has 1 aromatic carbocycles. The Morgan fingerprint density at radius 1 is 1.44 bits per heavy atom. The lowest BCUT2D eigenvalue weighted by molar-refractivity contribution is 0.0461. The Kier molecular flexibility index (Phi) is 3.23. The van der Waals surface area contributed by atoms with Crippen LogP contribution in [-0.2, 0) is 18.4 Å². The van der Waals surface area contributed by atoms with Crippen LogP contribution in [0.2, 0.25) is 0 Å². The highest BCUT2D eigenvalue weighted by atomic mass is 16.5. The molecule has 0 saturated heterocycles. The number of aromatic nitrogens is 1. The molecular weight excluding hydrogens is 232 g/mol. The molecule has 5 nitrogen and oxygen atoms in total. The first-order valence-corrected chi connectivity index (χ1v) is 5.43. The number of hydrogen-bond acceptors (Lipinski definition) is 4. The van der Waals surface area contributed by atoms with Gasteiger partial charge in [0.25, 0.3) is 0 Å². The highest BCUT2D eigenvalue weighted by Gasteiger charge is 2.12. The maximum absolute atomic E-state index is 11.8. The number of anilines is 1. The van der Waals surface area contributed by atoms with Gasteiger partial charge in [-0.15, -0.1) is 0 Å². The van der Waals surface area contributed by atoms with E-state index in [0.717, 1.165) is 5.56 Å². The van der Waals surface area contributed by atoms with E-state index < -0.39 is 5.97 Å². The van der Waals surface area contributed by atoms with E-state index in [0.29, 0.717) is 11.4 Å². The third-order valence-electron chi connectivity index (χ3n) is 2.52. The number of benzene rings is 1. The summed E-state index contributed by atoms with van der Waals surface area (Å²) in [6.45, 7) is 0.109. The van der Waals surface area contributed by atoms with E-state index >= 15 is 0 Å². The van der Waals surface area contributed by atoms with Crippen molar-refractivity contribution in [1.82, 2.24) is 4.57 Å². The van der Waals surface area contributed by atoms with Gasteiger partial charge in [-0.1, -0.05) is 12.1 Å². The van der Waals surface area contributed by atoms with Crippen LogP contribution in [0, 0.1) is 0 Å². The summed E-state index contributed by atoms with van der Waals surface area (Å²) in [6.07, 6.45) is 1.64. The van der Waals surface area contributed by atoms with E-state index in [9.17, 15) is 9.90 Å². The number of rotatable bonds is 3. The highest BCUT2D eigenvalue weighted by Crippen LogP contribution is 2.14. The Morgan fingerprint density at radius 2 is 2.22 bits per heavy atom. The van der Waals surface area contributed by atoms with Crippen molar-refractivity contribution in [2.24, 2.45) is 7.05 Å². The molecule has 2 rings (SSSR count). The molecule has 0 spiro atoms. The maximum atomic E-state index is 11.8. The number of nitrogens with zero attached hydrogens (tertiary/aromatic N) is 1. The third kappa shape index (κ3) is 2.63. The molecule has 0 saturated carbocycles.